The fourth-order valence-electron chi connectivity index (χ4n) is 3.16. The molecule has 0 aliphatic carbocycles. The highest BCUT2D eigenvalue weighted by Crippen LogP contribution is 2.40. The summed E-state index contributed by atoms with van der Waals surface area (Å²) in [7, 11) is 4.51. The third kappa shape index (κ3) is 3.78. The van der Waals surface area contributed by atoms with Crippen molar-refractivity contribution in [1.29, 1.82) is 5.26 Å². The largest absolute Gasteiger partial charge is 0.493 e. The standard InChI is InChI=1S/C20H21N3O5/c1-25-16-5-4-15(18(26-2)19(16)27-3)20(24)23-9-7-14(12-23)28-17-10-13(11-21)6-8-22-17/h4-6,8,10,14H,7,9,12H2,1-3H3. The number of carbonyl (C=O) groups is 1. The van der Waals surface area contributed by atoms with E-state index in [1.54, 1.807) is 29.2 Å². The number of pyridine rings is 1. The lowest BCUT2D eigenvalue weighted by molar-refractivity contribution is 0.0767. The molecule has 0 N–H and O–H groups in total. The molecule has 1 fully saturated rings. The van der Waals surface area contributed by atoms with Gasteiger partial charge in [-0.3, -0.25) is 4.79 Å². The van der Waals surface area contributed by atoms with Gasteiger partial charge in [0.25, 0.3) is 5.91 Å². The van der Waals surface area contributed by atoms with Crippen molar-refractivity contribution in [3.05, 3.63) is 41.6 Å². The lowest BCUT2D eigenvalue weighted by Crippen LogP contribution is -2.31. The smallest absolute Gasteiger partial charge is 0.257 e. The van der Waals surface area contributed by atoms with Crippen LogP contribution < -0.4 is 18.9 Å². The number of amides is 1. The van der Waals surface area contributed by atoms with E-state index in [0.29, 0.717) is 53.8 Å². The molecule has 2 heterocycles. The number of nitriles is 1. The average molecular weight is 383 g/mol. The lowest BCUT2D eigenvalue weighted by Gasteiger charge is -2.20. The molecule has 1 aromatic carbocycles. The molecule has 0 radical (unpaired) electrons. The van der Waals surface area contributed by atoms with Gasteiger partial charge >= 0.3 is 0 Å². The fraction of sp³-hybridized carbons (Fsp3) is 0.350. The zero-order chi connectivity index (χ0) is 20.1. The van der Waals surface area contributed by atoms with Gasteiger partial charge in [-0.05, 0) is 18.2 Å². The van der Waals surface area contributed by atoms with Crippen LogP contribution in [0.25, 0.3) is 0 Å². The van der Waals surface area contributed by atoms with Crippen LogP contribution in [-0.2, 0) is 0 Å². The summed E-state index contributed by atoms with van der Waals surface area (Å²) in [4.78, 5) is 18.8. The Morgan fingerprint density at radius 1 is 1.18 bits per heavy atom. The summed E-state index contributed by atoms with van der Waals surface area (Å²) in [5.74, 6) is 1.40. The van der Waals surface area contributed by atoms with Gasteiger partial charge < -0.3 is 23.8 Å². The highest BCUT2D eigenvalue weighted by molar-refractivity contribution is 5.98. The number of methoxy groups -OCH3 is 3. The molecule has 0 bridgehead atoms. The second-order valence-electron chi connectivity index (χ2n) is 6.16. The van der Waals surface area contributed by atoms with E-state index in [2.05, 4.69) is 11.1 Å². The molecule has 0 spiro atoms. The number of rotatable bonds is 6. The summed E-state index contributed by atoms with van der Waals surface area (Å²) >= 11 is 0. The Morgan fingerprint density at radius 2 is 1.96 bits per heavy atom. The molecule has 1 aliphatic rings. The van der Waals surface area contributed by atoms with Crippen LogP contribution in [0, 0.1) is 11.3 Å². The van der Waals surface area contributed by atoms with Gasteiger partial charge in [-0.1, -0.05) is 0 Å². The van der Waals surface area contributed by atoms with Crippen LogP contribution >= 0.6 is 0 Å². The lowest BCUT2D eigenvalue weighted by atomic mass is 10.1. The maximum atomic E-state index is 13.0. The maximum Gasteiger partial charge on any atom is 0.257 e. The van der Waals surface area contributed by atoms with Gasteiger partial charge in [-0.25, -0.2) is 4.98 Å². The zero-order valence-corrected chi connectivity index (χ0v) is 16.0. The molecule has 3 rings (SSSR count). The molecule has 146 valence electrons. The van der Waals surface area contributed by atoms with Crippen LogP contribution in [0.4, 0.5) is 0 Å². The van der Waals surface area contributed by atoms with Crippen molar-refractivity contribution >= 4 is 5.91 Å². The van der Waals surface area contributed by atoms with E-state index in [4.69, 9.17) is 24.2 Å². The van der Waals surface area contributed by atoms with Gasteiger partial charge in [0.15, 0.2) is 11.5 Å². The van der Waals surface area contributed by atoms with Gasteiger partial charge in [0, 0.05) is 25.2 Å². The first-order chi connectivity index (χ1) is 13.6. The molecule has 1 amide bonds. The number of hydrogen-bond donors (Lipinski definition) is 0. The second-order valence-corrected chi connectivity index (χ2v) is 6.16. The second kappa shape index (κ2) is 8.48. The first kappa shape index (κ1) is 19.3. The Balaban J connectivity index is 1.75. The SMILES string of the molecule is COc1ccc(C(=O)N2CCC(Oc3cc(C#N)ccn3)C2)c(OC)c1OC. The minimum absolute atomic E-state index is 0.178. The number of carbonyl (C=O) groups excluding carboxylic acids is 1. The molecule has 1 saturated heterocycles. The Morgan fingerprint density at radius 3 is 2.64 bits per heavy atom. The monoisotopic (exact) mass is 383 g/mol. The highest BCUT2D eigenvalue weighted by atomic mass is 16.5. The molecule has 1 unspecified atom stereocenters. The quantitative estimate of drug-likeness (QED) is 0.755. The minimum atomic E-state index is -0.198. The van der Waals surface area contributed by atoms with Gasteiger partial charge in [0.1, 0.15) is 6.10 Å². The van der Waals surface area contributed by atoms with Crippen molar-refractivity contribution in [2.24, 2.45) is 0 Å². The van der Waals surface area contributed by atoms with Crippen molar-refractivity contribution in [2.75, 3.05) is 34.4 Å². The minimum Gasteiger partial charge on any atom is -0.493 e. The molecule has 1 aliphatic heterocycles. The third-order valence-corrected chi connectivity index (χ3v) is 4.52. The predicted molar refractivity (Wildman–Crippen MR) is 100.0 cm³/mol. The van der Waals surface area contributed by atoms with Gasteiger partial charge in [-0.15, -0.1) is 0 Å². The number of ether oxygens (including phenoxy) is 4. The Kier molecular flexibility index (Phi) is 5.84. The van der Waals surface area contributed by atoms with Crippen molar-refractivity contribution in [2.45, 2.75) is 12.5 Å². The van der Waals surface area contributed by atoms with Crippen molar-refractivity contribution in [1.82, 2.24) is 9.88 Å². The third-order valence-electron chi connectivity index (χ3n) is 4.52. The molecule has 28 heavy (non-hydrogen) atoms. The van der Waals surface area contributed by atoms with Crippen LogP contribution in [0.1, 0.15) is 22.3 Å². The van der Waals surface area contributed by atoms with Crippen LogP contribution in [0.2, 0.25) is 0 Å². The first-order valence-electron chi connectivity index (χ1n) is 8.72. The summed E-state index contributed by atoms with van der Waals surface area (Å²) < 4.78 is 21.9. The van der Waals surface area contributed by atoms with Gasteiger partial charge in [-0.2, -0.15) is 5.26 Å². The highest BCUT2D eigenvalue weighted by Gasteiger charge is 2.31. The molecule has 2 aromatic rings. The topological polar surface area (TPSA) is 93.9 Å². The number of benzene rings is 1. The summed E-state index contributed by atoms with van der Waals surface area (Å²) in [6.45, 7) is 0.952. The van der Waals surface area contributed by atoms with E-state index in [-0.39, 0.29) is 12.0 Å². The summed E-state index contributed by atoms with van der Waals surface area (Å²) in [6, 6.07) is 8.59. The van der Waals surface area contributed by atoms with Gasteiger partial charge in [0.2, 0.25) is 11.6 Å². The van der Waals surface area contributed by atoms with E-state index in [1.807, 2.05) is 0 Å². The van der Waals surface area contributed by atoms with Crippen molar-refractivity contribution in [3.8, 4) is 29.2 Å². The average Bonchev–Trinajstić information content (AvgIpc) is 3.20. The van der Waals surface area contributed by atoms with E-state index in [0.717, 1.165) is 0 Å². The maximum absolute atomic E-state index is 13.0. The first-order valence-corrected chi connectivity index (χ1v) is 8.72. The van der Waals surface area contributed by atoms with Crippen LogP contribution in [0.15, 0.2) is 30.5 Å². The Bertz CT molecular complexity index is 909. The number of likely N-dealkylation sites (tertiary alicyclic amines) is 1. The summed E-state index contributed by atoms with van der Waals surface area (Å²) in [6.07, 6.45) is 2.00. The van der Waals surface area contributed by atoms with Crippen LogP contribution in [0.5, 0.6) is 23.1 Å². The zero-order valence-electron chi connectivity index (χ0n) is 16.0. The van der Waals surface area contributed by atoms with Crippen molar-refractivity contribution in [3.63, 3.8) is 0 Å². The van der Waals surface area contributed by atoms with E-state index in [9.17, 15) is 4.79 Å². The molecule has 0 saturated carbocycles. The van der Waals surface area contributed by atoms with E-state index < -0.39 is 0 Å². The number of aromatic nitrogens is 1. The summed E-state index contributed by atoms with van der Waals surface area (Å²) in [5.41, 5.74) is 0.872. The molecule has 1 aromatic heterocycles. The molecule has 8 nitrogen and oxygen atoms in total. The molecule has 8 heteroatoms. The predicted octanol–water partition coefficient (Wildman–Crippen LogP) is 2.27. The Labute approximate surface area is 163 Å². The fourth-order valence-corrected chi connectivity index (χ4v) is 3.16. The van der Waals surface area contributed by atoms with Crippen LogP contribution in [0.3, 0.4) is 0 Å². The number of nitrogens with zero attached hydrogens (tertiary/aromatic N) is 3. The van der Waals surface area contributed by atoms with E-state index >= 15 is 0 Å². The number of hydrogen-bond acceptors (Lipinski definition) is 7. The normalized spacial score (nSPS) is 15.6. The van der Waals surface area contributed by atoms with Gasteiger partial charge in [0.05, 0.1) is 45.1 Å². The van der Waals surface area contributed by atoms with E-state index in [1.165, 1.54) is 27.5 Å². The summed E-state index contributed by atoms with van der Waals surface area (Å²) in [5, 5.41) is 8.98. The Hall–Kier alpha value is -3.47. The molecular weight excluding hydrogens is 362 g/mol. The van der Waals surface area contributed by atoms with Crippen molar-refractivity contribution < 1.29 is 23.7 Å². The van der Waals surface area contributed by atoms with Crippen LogP contribution in [-0.4, -0.2) is 56.3 Å². The molecule has 1 atom stereocenters. The molecular formula is C20H21N3O5.